The van der Waals surface area contributed by atoms with Crippen LogP contribution in [-0.2, 0) is 14.3 Å². The summed E-state index contributed by atoms with van der Waals surface area (Å²) in [7, 11) is 1.34. The van der Waals surface area contributed by atoms with E-state index in [2.05, 4.69) is 4.98 Å². The summed E-state index contributed by atoms with van der Waals surface area (Å²) in [5.74, 6) is -0.0817. The molecule has 0 bridgehead atoms. The highest BCUT2D eigenvalue weighted by Crippen LogP contribution is 2.35. The number of carbonyl (C=O) groups is 2. The van der Waals surface area contributed by atoms with Crippen LogP contribution >= 0.6 is 0 Å². The number of hydrogen-bond donors (Lipinski definition) is 0. The molecule has 1 fully saturated rings. The van der Waals surface area contributed by atoms with Gasteiger partial charge in [-0.05, 0) is 27.2 Å². The first-order valence-corrected chi connectivity index (χ1v) is 9.35. The van der Waals surface area contributed by atoms with E-state index in [4.69, 9.17) is 13.9 Å². The Labute approximate surface area is 164 Å². The normalized spacial score (nSPS) is 19.9. The lowest BCUT2D eigenvalue weighted by Crippen LogP contribution is -2.47. The van der Waals surface area contributed by atoms with Gasteiger partial charge >= 0.3 is 12.1 Å². The number of nitrogens with zero attached hydrogens (tertiary/aromatic N) is 2. The first-order valence-electron chi connectivity index (χ1n) is 9.35. The van der Waals surface area contributed by atoms with E-state index in [0.717, 1.165) is 5.56 Å². The van der Waals surface area contributed by atoms with Crippen molar-refractivity contribution in [2.75, 3.05) is 20.2 Å². The highest BCUT2D eigenvalue weighted by Gasteiger charge is 2.41. The summed E-state index contributed by atoms with van der Waals surface area (Å²) in [5, 5.41) is 0. The molecule has 28 heavy (non-hydrogen) atoms. The molecule has 1 aliphatic heterocycles. The van der Waals surface area contributed by atoms with Gasteiger partial charge in [-0.2, -0.15) is 0 Å². The number of methoxy groups -OCH3 is 1. The lowest BCUT2D eigenvalue weighted by Gasteiger charge is -2.36. The molecule has 7 heteroatoms. The molecule has 2 atom stereocenters. The molecule has 0 radical (unpaired) electrons. The van der Waals surface area contributed by atoms with E-state index < -0.39 is 23.6 Å². The molecular weight excluding hydrogens is 360 g/mol. The van der Waals surface area contributed by atoms with E-state index in [0.29, 0.717) is 24.6 Å². The zero-order valence-electron chi connectivity index (χ0n) is 16.7. The maximum Gasteiger partial charge on any atom is 0.410 e. The van der Waals surface area contributed by atoms with Crippen LogP contribution in [0.25, 0.3) is 11.3 Å². The van der Waals surface area contributed by atoms with Gasteiger partial charge in [0.25, 0.3) is 0 Å². The Bertz CT molecular complexity index is 825. The summed E-state index contributed by atoms with van der Waals surface area (Å²) in [5.41, 5.74) is 0.323. The highest BCUT2D eigenvalue weighted by molar-refractivity contribution is 5.76. The fourth-order valence-electron chi connectivity index (χ4n) is 3.33. The monoisotopic (exact) mass is 386 g/mol. The van der Waals surface area contributed by atoms with Gasteiger partial charge in [0.15, 0.2) is 11.7 Å². The first-order chi connectivity index (χ1) is 13.3. The molecule has 1 aromatic heterocycles. The zero-order chi connectivity index (χ0) is 20.3. The number of aromatic nitrogens is 1. The molecule has 1 aliphatic rings. The van der Waals surface area contributed by atoms with Crippen LogP contribution in [0.3, 0.4) is 0 Å². The first kappa shape index (κ1) is 19.9. The van der Waals surface area contributed by atoms with E-state index >= 15 is 0 Å². The second kappa shape index (κ2) is 8.04. The average Bonchev–Trinajstić information content (AvgIpc) is 3.16. The Kier molecular flexibility index (Phi) is 5.72. The summed E-state index contributed by atoms with van der Waals surface area (Å²) in [6.07, 6.45) is 1.77. The Hall–Kier alpha value is -2.83. The van der Waals surface area contributed by atoms with E-state index in [1.54, 1.807) is 11.1 Å². The summed E-state index contributed by atoms with van der Waals surface area (Å²) >= 11 is 0. The molecule has 0 saturated carbocycles. The number of esters is 1. The van der Waals surface area contributed by atoms with E-state index in [9.17, 15) is 9.59 Å². The molecule has 1 saturated heterocycles. The smallest absolute Gasteiger partial charge is 0.410 e. The minimum Gasteiger partial charge on any atom is -0.469 e. The van der Waals surface area contributed by atoms with Gasteiger partial charge in [-0.3, -0.25) is 4.79 Å². The van der Waals surface area contributed by atoms with Gasteiger partial charge in [0, 0.05) is 18.7 Å². The van der Waals surface area contributed by atoms with Crippen LogP contribution in [-0.4, -0.2) is 47.7 Å². The minimum atomic E-state index is -0.595. The largest absolute Gasteiger partial charge is 0.469 e. The van der Waals surface area contributed by atoms with Crippen molar-refractivity contribution < 1.29 is 23.5 Å². The average molecular weight is 386 g/mol. The third kappa shape index (κ3) is 4.52. The Morgan fingerprint density at radius 3 is 2.57 bits per heavy atom. The van der Waals surface area contributed by atoms with Crippen LogP contribution < -0.4 is 0 Å². The van der Waals surface area contributed by atoms with Gasteiger partial charge in [0.1, 0.15) is 5.60 Å². The predicted octanol–water partition coefficient (Wildman–Crippen LogP) is 3.86. The molecule has 150 valence electrons. The van der Waals surface area contributed by atoms with E-state index in [1.807, 2.05) is 51.1 Å². The van der Waals surface area contributed by atoms with Crippen molar-refractivity contribution in [3.63, 3.8) is 0 Å². The second-order valence-electron chi connectivity index (χ2n) is 7.88. The molecule has 2 aromatic rings. The lowest BCUT2D eigenvalue weighted by molar-refractivity contribution is -0.148. The molecule has 3 rings (SSSR count). The third-order valence-electron chi connectivity index (χ3n) is 4.67. The van der Waals surface area contributed by atoms with Crippen LogP contribution in [0.5, 0.6) is 0 Å². The summed E-state index contributed by atoms with van der Waals surface area (Å²) in [4.78, 5) is 30.8. The molecule has 0 unspecified atom stereocenters. The Morgan fingerprint density at radius 1 is 1.21 bits per heavy atom. The van der Waals surface area contributed by atoms with Gasteiger partial charge in [-0.1, -0.05) is 30.3 Å². The molecule has 2 heterocycles. The SMILES string of the molecule is COC(=O)[C@H]1CN(C(=O)OC(C)(C)C)CC[C@@H]1c1ncc(-c2ccccc2)o1. The van der Waals surface area contributed by atoms with Gasteiger partial charge in [0.2, 0.25) is 0 Å². The van der Waals surface area contributed by atoms with Gasteiger partial charge in [0.05, 0.1) is 25.1 Å². The number of carbonyl (C=O) groups excluding carboxylic acids is 2. The van der Waals surface area contributed by atoms with Crippen LogP contribution in [0, 0.1) is 5.92 Å². The van der Waals surface area contributed by atoms with Crippen molar-refractivity contribution in [2.24, 2.45) is 5.92 Å². The van der Waals surface area contributed by atoms with Crippen molar-refractivity contribution >= 4 is 12.1 Å². The van der Waals surface area contributed by atoms with Crippen molar-refractivity contribution in [1.29, 1.82) is 0 Å². The van der Waals surface area contributed by atoms with Crippen LogP contribution in [0.4, 0.5) is 4.79 Å². The van der Waals surface area contributed by atoms with Crippen molar-refractivity contribution in [3.8, 4) is 11.3 Å². The standard InChI is InChI=1S/C21H26N2O5/c1-21(2,3)28-20(25)23-11-10-15(16(13-23)19(24)26-4)18-22-12-17(27-18)14-8-6-5-7-9-14/h5-9,12,15-16H,10-11,13H2,1-4H3/t15-,16-/m0/s1. The third-order valence-corrected chi connectivity index (χ3v) is 4.67. The quantitative estimate of drug-likeness (QED) is 0.745. The predicted molar refractivity (Wildman–Crippen MR) is 103 cm³/mol. The topological polar surface area (TPSA) is 81.9 Å². The molecule has 1 aromatic carbocycles. The van der Waals surface area contributed by atoms with Crippen molar-refractivity contribution in [1.82, 2.24) is 9.88 Å². The maximum absolute atomic E-state index is 12.4. The number of benzene rings is 1. The number of oxazole rings is 1. The highest BCUT2D eigenvalue weighted by atomic mass is 16.6. The maximum atomic E-state index is 12.4. The number of likely N-dealkylation sites (tertiary alicyclic amines) is 1. The molecule has 0 N–H and O–H groups in total. The number of hydrogen-bond acceptors (Lipinski definition) is 6. The molecular formula is C21H26N2O5. The van der Waals surface area contributed by atoms with Crippen LogP contribution in [0.1, 0.15) is 39.0 Å². The number of ether oxygens (including phenoxy) is 2. The molecule has 0 spiro atoms. The second-order valence-corrected chi connectivity index (χ2v) is 7.88. The molecule has 1 amide bonds. The number of piperidine rings is 1. The Morgan fingerprint density at radius 2 is 1.93 bits per heavy atom. The fraction of sp³-hybridized carbons (Fsp3) is 0.476. The lowest BCUT2D eigenvalue weighted by atomic mass is 9.85. The summed E-state index contributed by atoms with van der Waals surface area (Å²) in [6.45, 7) is 6.10. The van der Waals surface area contributed by atoms with Crippen LogP contribution in [0.2, 0.25) is 0 Å². The van der Waals surface area contributed by atoms with Gasteiger partial charge in [-0.25, -0.2) is 9.78 Å². The van der Waals surface area contributed by atoms with E-state index in [-0.39, 0.29) is 12.5 Å². The minimum absolute atomic E-state index is 0.204. The van der Waals surface area contributed by atoms with Gasteiger partial charge in [-0.15, -0.1) is 0 Å². The van der Waals surface area contributed by atoms with Crippen LogP contribution in [0.15, 0.2) is 40.9 Å². The van der Waals surface area contributed by atoms with Crippen molar-refractivity contribution in [2.45, 2.75) is 38.7 Å². The fourth-order valence-corrected chi connectivity index (χ4v) is 3.33. The van der Waals surface area contributed by atoms with Gasteiger partial charge < -0.3 is 18.8 Å². The zero-order valence-corrected chi connectivity index (χ0v) is 16.7. The summed E-state index contributed by atoms with van der Waals surface area (Å²) in [6, 6.07) is 9.66. The summed E-state index contributed by atoms with van der Waals surface area (Å²) < 4.78 is 16.4. The van der Waals surface area contributed by atoms with E-state index in [1.165, 1.54) is 7.11 Å². The molecule has 7 nitrogen and oxygen atoms in total. The van der Waals surface area contributed by atoms with Crippen molar-refractivity contribution in [3.05, 3.63) is 42.4 Å². The Balaban J connectivity index is 1.79. The number of amides is 1. The molecule has 0 aliphatic carbocycles. The number of rotatable bonds is 3.